The standard InChI is InChI=1S/C21H31N3O2/c1-5-19-16(4)18-11-14(2)10-17(20(18)23-19)12-22-21(25)15(3)13-24-6-8-26-9-7-24/h10-11,15,23H,5-9,12-13H2,1-4H3,(H,22,25)/t15-/m0/s1. The van der Waals surface area contributed by atoms with Gasteiger partial charge in [0.1, 0.15) is 0 Å². The van der Waals surface area contributed by atoms with Crippen LogP contribution in [0, 0.1) is 19.8 Å². The molecular formula is C21H31N3O2. The number of morpholine rings is 1. The van der Waals surface area contributed by atoms with E-state index in [0.29, 0.717) is 6.54 Å². The van der Waals surface area contributed by atoms with E-state index < -0.39 is 0 Å². The first-order chi connectivity index (χ1) is 12.5. The van der Waals surface area contributed by atoms with Crippen molar-refractivity contribution in [1.29, 1.82) is 0 Å². The number of carbonyl (C=O) groups excluding carboxylic acids is 1. The molecule has 1 amide bonds. The number of H-pyrrole nitrogens is 1. The fourth-order valence-corrected chi connectivity index (χ4v) is 3.82. The van der Waals surface area contributed by atoms with Gasteiger partial charge >= 0.3 is 0 Å². The molecule has 1 atom stereocenters. The molecule has 1 aliphatic rings. The molecule has 1 fully saturated rings. The Morgan fingerprint density at radius 2 is 2.04 bits per heavy atom. The number of hydrogen-bond acceptors (Lipinski definition) is 3. The number of amides is 1. The van der Waals surface area contributed by atoms with Crippen LogP contribution in [0.15, 0.2) is 12.1 Å². The van der Waals surface area contributed by atoms with Gasteiger partial charge in [0.2, 0.25) is 5.91 Å². The second-order valence-corrected chi connectivity index (χ2v) is 7.46. The molecule has 0 aliphatic carbocycles. The van der Waals surface area contributed by atoms with Crippen molar-refractivity contribution < 1.29 is 9.53 Å². The molecule has 1 aromatic carbocycles. The first kappa shape index (κ1) is 18.9. The van der Waals surface area contributed by atoms with Gasteiger partial charge in [0.05, 0.1) is 18.7 Å². The number of aryl methyl sites for hydroxylation is 3. The van der Waals surface area contributed by atoms with E-state index in [9.17, 15) is 4.79 Å². The van der Waals surface area contributed by atoms with Gasteiger partial charge in [-0.1, -0.05) is 25.5 Å². The molecule has 1 aliphatic heterocycles. The number of aromatic amines is 1. The fraction of sp³-hybridized carbons (Fsp3) is 0.571. The van der Waals surface area contributed by atoms with Crippen LogP contribution in [0.5, 0.6) is 0 Å². The van der Waals surface area contributed by atoms with E-state index in [2.05, 4.69) is 48.1 Å². The van der Waals surface area contributed by atoms with Gasteiger partial charge < -0.3 is 15.0 Å². The molecule has 5 heteroatoms. The minimum Gasteiger partial charge on any atom is -0.379 e. The molecule has 2 N–H and O–H groups in total. The minimum absolute atomic E-state index is 0.0232. The summed E-state index contributed by atoms with van der Waals surface area (Å²) in [6.45, 7) is 13.2. The average Bonchev–Trinajstić information content (AvgIpc) is 2.96. The maximum Gasteiger partial charge on any atom is 0.224 e. The first-order valence-electron chi connectivity index (χ1n) is 9.68. The van der Waals surface area contributed by atoms with Gasteiger partial charge in [-0.2, -0.15) is 0 Å². The number of aromatic nitrogens is 1. The topological polar surface area (TPSA) is 57.4 Å². The highest BCUT2D eigenvalue weighted by Crippen LogP contribution is 2.26. The van der Waals surface area contributed by atoms with Crippen molar-refractivity contribution in [3.63, 3.8) is 0 Å². The summed E-state index contributed by atoms with van der Waals surface area (Å²) in [6.07, 6.45) is 0.988. The molecule has 1 aromatic heterocycles. The van der Waals surface area contributed by atoms with Crippen molar-refractivity contribution in [1.82, 2.24) is 15.2 Å². The van der Waals surface area contributed by atoms with E-state index in [1.54, 1.807) is 0 Å². The Labute approximate surface area is 156 Å². The fourth-order valence-electron chi connectivity index (χ4n) is 3.82. The summed E-state index contributed by atoms with van der Waals surface area (Å²) in [4.78, 5) is 18.4. The normalized spacial score (nSPS) is 16.8. The van der Waals surface area contributed by atoms with Crippen LogP contribution in [-0.2, 0) is 22.5 Å². The molecule has 0 unspecified atom stereocenters. The average molecular weight is 357 g/mol. The second-order valence-electron chi connectivity index (χ2n) is 7.46. The lowest BCUT2D eigenvalue weighted by Gasteiger charge is -2.28. The predicted octanol–water partition coefficient (Wildman–Crippen LogP) is 2.93. The summed E-state index contributed by atoms with van der Waals surface area (Å²) >= 11 is 0. The monoisotopic (exact) mass is 357 g/mol. The van der Waals surface area contributed by atoms with E-state index in [0.717, 1.165) is 50.3 Å². The lowest BCUT2D eigenvalue weighted by atomic mass is 10.0. The third-order valence-electron chi connectivity index (χ3n) is 5.39. The molecule has 26 heavy (non-hydrogen) atoms. The quantitative estimate of drug-likeness (QED) is 0.836. The van der Waals surface area contributed by atoms with E-state index >= 15 is 0 Å². The van der Waals surface area contributed by atoms with Crippen LogP contribution >= 0.6 is 0 Å². The Hall–Kier alpha value is -1.85. The van der Waals surface area contributed by atoms with Gasteiger partial charge in [-0.05, 0) is 37.5 Å². The van der Waals surface area contributed by atoms with E-state index in [1.807, 2.05) is 6.92 Å². The van der Waals surface area contributed by atoms with Gasteiger partial charge in [0.25, 0.3) is 0 Å². The molecule has 2 heterocycles. The molecular weight excluding hydrogens is 326 g/mol. The summed E-state index contributed by atoms with van der Waals surface area (Å²) in [5.41, 5.74) is 6.15. The highest BCUT2D eigenvalue weighted by atomic mass is 16.5. The molecule has 0 saturated carbocycles. The minimum atomic E-state index is -0.0232. The van der Waals surface area contributed by atoms with Gasteiger partial charge in [-0.3, -0.25) is 9.69 Å². The maximum absolute atomic E-state index is 12.6. The molecule has 2 aromatic rings. The summed E-state index contributed by atoms with van der Waals surface area (Å²) in [5, 5.41) is 4.41. The zero-order valence-electron chi connectivity index (χ0n) is 16.4. The summed E-state index contributed by atoms with van der Waals surface area (Å²) in [6, 6.07) is 4.40. The molecule has 142 valence electrons. The Bertz CT molecular complexity index is 775. The number of nitrogens with one attached hydrogen (secondary N) is 2. The Morgan fingerprint density at radius 1 is 1.31 bits per heavy atom. The van der Waals surface area contributed by atoms with Crippen molar-refractivity contribution in [2.45, 2.75) is 40.7 Å². The van der Waals surface area contributed by atoms with Crippen LogP contribution in [0.4, 0.5) is 0 Å². The van der Waals surface area contributed by atoms with E-state index in [4.69, 9.17) is 4.74 Å². The van der Waals surface area contributed by atoms with Crippen LogP contribution in [0.25, 0.3) is 10.9 Å². The molecule has 0 spiro atoms. The van der Waals surface area contributed by atoms with Gasteiger partial charge in [-0.25, -0.2) is 0 Å². The lowest BCUT2D eigenvalue weighted by molar-refractivity contribution is -0.125. The number of hydrogen-bond donors (Lipinski definition) is 2. The van der Waals surface area contributed by atoms with Crippen LogP contribution in [0.1, 0.15) is 36.2 Å². The zero-order chi connectivity index (χ0) is 18.7. The second kappa shape index (κ2) is 8.23. The third-order valence-corrected chi connectivity index (χ3v) is 5.39. The van der Waals surface area contributed by atoms with E-state index in [-0.39, 0.29) is 11.8 Å². The third kappa shape index (κ3) is 4.10. The number of benzene rings is 1. The smallest absolute Gasteiger partial charge is 0.224 e. The van der Waals surface area contributed by atoms with Gasteiger partial charge in [0, 0.05) is 43.2 Å². The van der Waals surface area contributed by atoms with Crippen molar-refractivity contribution in [3.8, 4) is 0 Å². The number of rotatable bonds is 6. The van der Waals surface area contributed by atoms with Crippen LogP contribution in [0.3, 0.4) is 0 Å². The Morgan fingerprint density at radius 3 is 2.73 bits per heavy atom. The van der Waals surface area contributed by atoms with Crippen LogP contribution in [-0.4, -0.2) is 48.6 Å². The zero-order valence-corrected chi connectivity index (χ0v) is 16.4. The van der Waals surface area contributed by atoms with Crippen molar-refractivity contribution in [3.05, 3.63) is 34.5 Å². The predicted molar refractivity (Wildman–Crippen MR) is 105 cm³/mol. The molecule has 3 rings (SSSR count). The number of ether oxygens (including phenoxy) is 1. The van der Waals surface area contributed by atoms with Crippen molar-refractivity contribution in [2.75, 3.05) is 32.8 Å². The number of nitrogens with zero attached hydrogens (tertiary/aromatic N) is 1. The van der Waals surface area contributed by atoms with Gasteiger partial charge in [0.15, 0.2) is 0 Å². The highest BCUT2D eigenvalue weighted by Gasteiger charge is 2.19. The number of fused-ring (bicyclic) bond motifs is 1. The first-order valence-corrected chi connectivity index (χ1v) is 9.68. The van der Waals surface area contributed by atoms with E-state index in [1.165, 1.54) is 22.2 Å². The molecule has 1 saturated heterocycles. The Kier molecular flexibility index (Phi) is 5.99. The summed E-state index contributed by atoms with van der Waals surface area (Å²) in [5.74, 6) is 0.0927. The molecule has 0 bridgehead atoms. The van der Waals surface area contributed by atoms with Gasteiger partial charge in [-0.15, -0.1) is 0 Å². The summed E-state index contributed by atoms with van der Waals surface area (Å²) in [7, 11) is 0. The Balaban J connectivity index is 1.67. The maximum atomic E-state index is 12.6. The SMILES string of the molecule is CCc1[nH]c2c(CNC(=O)[C@@H](C)CN3CCOCC3)cc(C)cc2c1C. The van der Waals surface area contributed by atoms with Crippen molar-refractivity contribution in [2.24, 2.45) is 5.92 Å². The van der Waals surface area contributed by atoms with Crippen LogP contribution in [0.2, 0.25) is 0 Å². The largest absolute Gasteiger partial charge is 0.379 e. The van der Waals surface area contributed by atoms with Crippen molar-refractivity contribution >= 4 is 16.8 Å². The molecule has 0 radical (unpaired) electrons. The summed E-state index contributed by atoms with van der Waals surface area (Å²) < 4.78 is 5.37. The number of carbonyl (C=O) groups is 1. The lowest BCUT2D eigenvalue weighted by Crippen LogP contribution is -2.42. The van der Waals surface area contributed by atoms with Crippen LogP contribution < -0.4 is 5.32 Å². The highest BCUT2D eigenvalue weighted by molar-refractivity contribution is 5.88. The molecule has 5 nitrogen and oxygen atoms in total.